The van der Waals surface area contributed by atoms with Crippen LogP contribution in [-0.4, -0.2) is 14.2 Å². The number of hydrogen-bond donors (Lipinski definition) is 2. The molecule has 0 aliphatic rings. The molecule has 60 valence electrons. The topological polar surface area (TPSA) is 47.3 Å². The van der Waals surface area contributed by atoms with Crippen molar-refractivity contribution in [3.63, 3.8) is 0 Å². The third kappa shape index (κ3) is 1.55. The number of methoxy groups -OCH3 is 1. The highest BCUT2D eigenvalue weighted by molar-refractivity contribution is 5.67. The van der Waals surface area contributed by atoms with Crippen molar-refractivity contribution >= 4 is 11.4 Å². The predicted octanol–water partition coefficient (Wildman–Crippen LogP) is 1.32. The maximum atomic E-state index is 5.64. The second kappa shape index (κ2) is 3.14. The number of nitrogens with two attached hydrogens (primary N) is 1. The molecule has 0 aliphatic carbocycles. The van der Waals surface area contributed by atoms with Gasteiger partial charge >= 0.3 is 0 Å². The van der Waals surface area contributed by atoms with Crippen molar-refractivity contribution in [3.8, 4) is 5.75 Å². The van der Waals surface area contributed by atoms with E-state index in [1.54, 1.807) is 7.11 Å². The third-order valence-electron chi connectivity index (χ3n) is 1.53. The van der Waals surface area contributed by atoms with Gasteiger partial charge in [0.05, 0.1) is 18.5 Å². The van der Waals surface area contributed by atoms with E-state index in [2.05, 4.69) is 5.32 Å². The van der Waals surface area contributed by atoms with Crippen molar-refractivity contribution in [1.29, 1.82) is 0 Å². The van der Waals surface area contributed by atoms with Crippen LogP contribution in [0.25, 0.3) is 0 Å². The number of rotatable bonds is 2. The number of ether oxygens (including phenoxy) is 1. The maximum absolute atomic E-state index is 5.64. The van der Waals surface area contributed by atoms with E-state index in [4.69, 9.17) is 10.5 Å². The fourth-order valence-electron chi connectivity index (χ4n) is 0.879. The predicted molar refractivity (Wildman–Crippen MR) is 47.0 cm³/mol. The Hall–Kier alpha value is -1.38. The first-order valence-electron chi connectivity index (χ1n) is 3.39. The zero-order valence-corrected chi connectivity index (χ0v) is 6.72. The monoisotopic (exact) mass is 152 g/mol. The molecule has 0 unspecified atom stereocenters. The van der Waals surface area contributed by atoms with Crippen LogP contribution in [0, 0.1) is 0 Å². The van der Waals surface area contributed by atoms with Crippen LogP contribution in [0.5, 0.6) is 5.75 Å². The first-order valence-corrected chi connectivity index (χ1v) is 3.39. The standard InChI is InChI=1S/C8H12N2O/c1-10-8-5-6(11-2)3-4-7(8)9/h3-5,10H,9H2,1-2H3. The fourth-order valence-corrected chi connectivity index (χ4v) is 0.879. The SMILES string of the molecule is CNc1cc(OC)ccc1N. The van der Waals surface area contributed by atoms with Crippen LogP contribution >= 0.6 is 0 Å². The largest absolute Gasteiger partial charge is 0.497 e. The smallest absolute Gasteiger partial charge is 0.121 e. The molecule has 0 fully saturated rings. The lowest BCUT2D eigenvalue weighted by Gasteiger charge is -2.06. The zero-order chi connectivity index (χ0) is 8.27. The van der Waals surface area contributed by atoms with Crippen molar-refractivity contribution < 1.29 is 4.74 Å². The van der Waals surface area contributed by atoms with Gasteiger partial charge in [0.15, 0.2) is 0 Å². The highest BCUT2D eigenvalue weighted by Crippen LogP contribution is 2.23. The van der Waals surface area contributed by atoms with E-state index < -0.39 is 0 Å². The number of benzene rings is 1. The lowest BCUT2D eigenvalue weighted by Crippen LogP contribution is -1.95. The van der Waals surface area contributed by atoms with E-state index in [0.29, 0.717) is 0 Å². The highest BCUT2D eigenvalue weighted by Gasteiger charge is 1.97. The van der Waals surface area contributed by atoms with Gasteiger partial charge in [-0.1, -0.05) is 0 Å². The van der Waals surface area contributed by atoms with Crippen LogP contribution in [-0.2, 0) is 0 Å². The molecule has 3 nitrogen and oxygen atoms in total. The van der Waals surface area contributed by atoms with Crippen LogP contribution in [0.15, 0.2) is 18.2 Å². The minimum absolute atomic E-state index is 0.730. The van der Waals surface area contributed by atoms with Crippen LogP contribution in [0.1, 0.15) is 0 Å². The Kier molecular flexibility index (Phi) is 2.21. The van der Waals surface area contributed by atoms with Gasteiger partial charge in [-0.25, -0.2) is 0 Å². The molecule has 1 rings (SSSR count). The normalized spacial score (nSPS) is 9.27. The van der Waals surface area contributed by atoms with Gasteiger partial charge in [-0.3, -0.25) is 0 Å². The van der Waals surface area contributed by atoms with Crippen LogP contribution in [0.4, 0.5) is 11.4 Å². The summed E-state index contributed by atoms with van der Waals surface area (Å²) in [6.07, 6.45) is 0. The molecule has 0 spiro atoms. The molecule has 0 aromatic heterocycles. The molecule has 11 heavy (non-hydrogen) atoms. The zero-order valence-electron chi connectivity index (χ0n) is 6.72. The molecule has 0 atom stereocenters. The average Bonchev–Trinajstić information content (AvgIpc) is 2.05. The van der Waals surface area contributed by atoms with Gasteiger partial charge in [0.25, 0.3) is 0 Å². The molecule has 3 N–H and O–H groups in total. The lowest BCUT2D eigenvalue weighted by atomic mass is 10.2. The minimum atomic E-state index is 0.730. The Labute approximate surface area is 66.2 Å². The first kappa shape index (κ1) is 7.72. The highest BCUT2D eigenvalue weighted by atomic mass is 16.5. The third-order valence-corrected chi connectivity index (χ3v) is 1.53. The molecule has 1 aromatic rings. The van der Waals surface area contributed by atoms with Crippen molar-refractivity contribution in [3.05, 3.63) is 18.2 Å². The lowest BCUT2D eigenvalue weighted by molar-refractivity contribution is 0.415. The van der Waals surface area contributed by atoms with Crippen LogP contribution in [0.3, 0.4) is 0 Å². The molecule has 0 saturated carbocycles. The molecule has 3 heteroatoms. The summed E-state index contributed by atoms with van der Waals surface area (Å²) in [5.74, 6) is 0.809. The van der Waals surface area contributed by atoms with Crippen LogP contribution < -0.4 is 15.8 Å². The Morgan fingerprint density at radius 1 is 1.45 bits per heavy atom. The van der Waals surface area contributed by atoms with E-state index in [0.717, 1.165) is 17.1 Å². The number of nitrogen functional groups attached to an aromatic ring is 1. The molecule has 0 amide bonds. The molecule has 0 saturated heterocycles. The average molecular weight is 152 g/mol. The Bertz CT molecular complexity index is 248. The van der Waals surface area contributed by atoms with Gasteiger partial charge in [-0.2, -0.15) is 0 Å². The molecule has 0 heterocycles. The van der Waals surface area contributed by atoms with Gasteiger partial charge in [0.1, 0.15) is 5.75 Å². The molecule has 1 aromatic carbocycles. The van der Waals surface area contributed by atoms with Gasteiger partial charge in [0.2, 0.25) is 0 Å². The molecular weight excluding hydrogens is 140 g/mol. The summed E-state index contributed by atoms with van der Waals surface area (Å²) in [4.78, 5) is 0. The maximum Gasteiger partial charge on any atom is 0.121 e. The number of hydrogen-bond acceptors (Lipinski definition) is 3. The summed E-state index contributed by atoms with van der Waals surface area (Å²) < 4.78 is 5.02. The summed E-state index contributed by atoms with van der Waals surface area (Å²) in [6.45, 7) is 0. The van der Waals surface area contributed by atoms with Gasteiger partial charge < -0.3 is 15.8 Å². The minimum Gasteiger partial charge on any atom is -0.497 e. The van der Waals surface area contributed by atoms with Crippen molar-refractivity contribution in [2.75, 3.05) is 25.2 Å². The summed E-state index contributed by atoms with van der Waals surface area (Å²) in [5.41, 5.74) is 7.26. The van der Waals surface area contributed by atoms with Crippen molar-refractivity contribution in [2.45, 2.75) is 0 Å². The van der Waals surface area contributed by atoms with Crippen molar-refractivity contribution in [1.82, 2.24) is 0 Å². The molecule has 0 aliphatic heterocycles. The number of nitrogens with one attached hydrogen (secondary N) is 1. The van der Waals surface area contributed by atoms with Crippen LogP contribution in [0.2, 0.25) is 0 Å². The fraction of sp³-hybridized carbons (Fsp3) is 0.250. The number of anilines is 2. The van der Waals surface area contributed by atoms with Gasteiger partial charge in [-0.15, -0.1) is 0 Å². The van der Waals surface area contributed by atoms with Gasteiger partial charge in [0, 0.05) is 13.1 Å². The molecule has 0 radical (unpaired) electrons. The Balaban J connectivity index is 3.02. The van der Waals surface area contributed by atoms with Crippen molar-refractivity contribution in [2.24, 2.45) is 0 Å². The first-order chi connectivity index (χ1) is 5.27. The van der Waals surface area contributed by atoms with E-state index in [1.165, 1.54) is 0 Å². The quantitative estimate of drug-likeness (QED) is 0.628. The Morgan fingerprint density at radius 2 is 2.18 bits per heavy atom. The summed E-state index contributed by atoms with van der Waals surface area (Å²) in [7, 11) is 3.45. The van der Waals surface area contributed by atoms with E-state index in [9.17, 15) is 0 Å². The summed E-state index contributed by atoms with van der Waals surface area (Å²) in [6, 6.07) is 5.50. The van der Waals surface area contributed by atoms with E-state index in [1.807, 2.05) is 25.2 Å². The molecule has 0 bridgehead atoms. The molecular formula is C8H12N2O. The Morgan fingerprint density at radius 3 is 2.73 bits per heavy atom. The summed E-state index contributed by atoms with van der Waals surface area (Å²) >= 11 is 0. The second-order valence-electron chi connectivity index (χ2n) is 2.20. The second-order valence-corrected chi connectivity index (χ2v) is 2.20. The summed E-state index contributed by atoms with van der Waals surface area (Å²) in [5, 5.41) is 2.96. The van der Waals surface area contributed by atoms with Gasteiger partial charge in [-0.05, 0) is 12.1 Å². The van der Waals surface area contributed by atoms with E-state index >= 15 is 0 Å². The van der Waals surface area contributed by atoms with E-state index in [-0.39, 0.29) is 0 Å².